The summed E-state index contributed by atoms with van der Waals surface area (Å²) in [4.78, 5) is -0.0125. The van der Waals surface area contributed by atoms with Gasteiger partial charge in [-0.3, -0.25) is 0 Å². The van der Waals surface area contributed by atoms with E-state index >= 15 is 0 Å². The Kier molecular flexibility index (Phi) is 4.79. The Morgan fingerprint density at radius 2 is 1.62 bits per heavy atom. The summed E-state index contributed by atoms with van der Waals surface area (Å²) in [5, 5.41) is 19.0. The summed E-state index contributed by atoms with van der Waals surface area (Å²) < 4.78 is 36.7. The number of aliphatic hydroxyl groups is 2. The Morgan fingerprint density at radius 3 is 2.10 bits per heavy atom. The van der Waals surface area contributed by atoms with Crippen LogP contribution in [0.5, 0.6) is 11.5 Å². The van der Waals surface area contributed by atoms with Gasteiger partial charge in [0.2, 0.25) is 10.0 Å². The molecule has 0 radical (unpaired) electrons. The molecule has 1 aromatic rings. The van der Waals surface area contributed by atoms with Gasteiger partial charge in [0.25, 0.3) is 0 Å². The zero-order valence-corrected chi connectivity index (χ0v) is 13.9. The fraction of sp³-hybridized carbons (Fsp3) is 0.500. The first-order chi connectivity index (χ1) is 9.81. The van der Waals surface area contributed by atoms with Gasteiger partial charge in [-0.25, -0.2) is 8.42 Å². The highest BCUT2D eigenvalue weighted by atomic mass is 79.9. The first-order valence-corrected chi connectivity index (χ1v) is 8.32. The number of methoxy groups -OCH3 is 2. The predicted octanol–water partition coefficient (Wildman–Crippen LogP) is 0.192. The van der Waals surface area contributed by atoms with Crippen LogP contribution in [-0.2, 0) is 10.0 Å². The van der Waals surface area contributed by atoms with Crippen LogP contribution in [0.4, 0.5) is 0 Å². The molecule has 1 aliphatic rings. The van der Waals surface area contributed by atoms with Crippen LogP contribution in [0.2, 0.25) is 0 Å². The van der Waals surface area contributed by atoms with Crippen molar-refractivity contribution in [2.75, 3.05) is 27.3 Å². The maximum Gasteiger partial charge on any atom is 0.244 e. The molecule has 0 aromatic heterocycles. The van der Waals surface area contributed by atoms with Crippen molar-refractivity contribution in [2.45, 2.75) is 17.1 Å². The van der Waals surface area contributed by atoms with Crippen LogP contribution in [0, 0.1) is 0 Å². The van der Waals surface area contributed by atoms with Crippen LogP contribution < -0.4 is 9.47 Å². The molecule has 0 amide bonds. The van der Waals surface area contributed by atoms with E-state index in [0.717, 1.165) is 4.31 Å². The molecule has 1 heterocycles. The quantitative estimate of drug-likeness (QED) is 0.772. The van der Waals surface area contributed by atoms with Crippen molar-refractivity contribution in [2.24, 2.45) is 0 Å². The van der Waals surface area contributed by atoms with E-state index in [4.69, 9.17) is 9.47 Å². The van der Waals surface area contributed by atoms with Gasteiger partial charge in [-0.2, -0.15) is 4.31 Å². The molecule has 1 saturated heterocycles. The number of nitrogens with zero attached hydrogens (tertiary/aromatic N) is 1. The molecule has 0 unspecified atom stereocenters. The van der Waals surface area contributed by atoms with Gasteiger partial charge in [0.05, 0.1) is 26.4 Å². The number of halogens is 1. The van der Waals surface area contributed by atoms with Crippen LogP contribution in [0.25, 0.3) is 0 Å². The molecule has 0 aliphatic carbocycles. The third-order valence-corrected chi connectivity index (χ3v) is 6.07. The minimum Gasteiger partial charge on any atom is -0.493 e. The lowest BCUT2D eigenvalue weighted by molar-refractivity contribution is 0.0572. The fourth-order valence-electron chi connectivity index (χ4n) is 2.10. The van der Waals surface area contributed by atoms with E-state index in [-0.39, 0.29) is 23.7 Å². The van der Waals surface area contributed by atoms with E-state index in [9.17, 15) is 18.6 Å². The van der Waals surface area contributed by atoms with Crippen molar-refractivity contribution < 1.29 is 28.1 Å². The van der Waals surface area contributed by atoms with Crippen LogP contribution in [0.3, 0.4) is 0 Å². The second kappa shape index (κ2) is 6.09. The highest BCUT2D eigenvalue weighted by molar-refractivity contribution is 9.10. The van der Waals surface area contributed by atoms with Gasteiger partial charge in [-0.15, -0.1) is 0 Å². The van der Waals surface area contributed by atoms with E-state index in [2.05, 4.69) is 15.9 Å². The lowest BCUT2D eigenvalue weighted by Crippen LogP contribution is -2.30. The minimum absolute atomic E-state index is 0.0125. The van der Waals surface area contributed by atoms with Crippen LogP contribution in [-0.4, -0.2) is 62.5 Å². The highest BCUT2D eigenvalue weighted by Crippen LogP contribution is 2.37. The van der Waals surface area contributed by atoms with Crippen LogP contribution in [0.15, 0.2) is 21.5 Å². The van der Waals surface area contributed by atoms with Gasteiger partial charge >= 0.3 is 0 Å². The molecule has 118 valence electrons. The maximum atomic E-state index is 12.6. The molecule has 7 nitrogen and oxygen atoms in total. The summed E-state index contributed by atoms with van der Waals surface area (Å²) in [6.07, 6.45) is -2.17. The van der Waals surface area contributed by atoms with Crippen LogP contribution in [0.1, 0.15) is 0 Å². The van der Waals surface area contributed by atoms with Gasteiger partial charge in [-0.05, 0) is 22.0 Å². The van der Waals surface area contributed by atoms with E-state index in [1.165, 1.54) is 26.4 Å². The molecular weight excluding hydrogens is 366 g/mol. The predicted molar refractivity (Wildman–Crippen MR) is 78.0 cm³/mol. The molecule has 2 N–H and O–H groups in total. The van der Waals surface area contributed by atoms with Gasteiger partial charge in [-0.1, -0.05) is 0 Å². The first-order valence-electron chi connectivity index (χ1n) is 6.09. The normalized spacial score (nSPS) is 23.3. The summed E-state index contributed by atoms with van der Waals surface area (Å²) >= 11 is 3.20. The summed E-state index contributed by atoms with van der Waals surface area (Å²) in [6.45, 7) is -0.297. The molecule has 0 spiro atoms. The number of sulfonamides is 1. The third-order valence-electron chi connectivity index (χ3n) is 3.28. The number of β-amino-alcohol motifs (C(OH)–C–C–N with tert-alkyl or cyclic N) is 2. The summed E-state index contributed by atoms with van der Waals surface area (Å²) in [6, 6.07) is 2.84. The fourth-order valence-corrected chi connectivity index (χ4v) is 4.58. The Bertz CT molecular complexity index is 625. The zero-order valence-electron chi connectivity index (χ0n) is 11.5. The molecule has 9 heteroatoms. The van der Waals surface area contributed by atoms with Crippen molar-refractivity contribution >= 4 is 26.0 Å². The van der Waals surface area contributed by atoms with Gasteiger partial charge in [0.1, 0.15) is 4.90 Å². The van der Waals surface area contributed by atoms with Crippen molar-refractivity contribution in [3.05, 3.63) is 16.6 Å². The molecule has 1 aromatic carbocycles. The van der Waals surface area contributed by atoms with Gasteiger partial charge < -0.3 is 19.7 Å². The van der Waals surface area contributed by atoms with Crippen molar-refractivity contribution in [1.82, 2.24) is 4.31 Å². The van der Waals surface area contributed by atoms with E-state index in [1.54, 1.807) is 0 Å². The first kappa shape index (κ1) is 16.5. The van der Waals surface area contributed by atoms with Crippen LogP contribution >= 0.6 is 15.9 Å². The van der Waals surface area contributed by atoms with Crippen molar-refractivity contribution in [3.8, 4) is 11.5 Å². The number of hydrogen-bond acceptors (Lipinski definition) is 6. The Morgan fingerprint density at radius 1 is 1.14 bits per heavy atom. The minimum atomic E-state index is -3.86. The summed E-state index contributed by atoms with van der Waals surface area (Å²) in [5.74, 6) is 0.671. The number of aliphatic hydroxyl groups excluding tert-OH is 2. The molecular formula is C12H16BrNO6S. The molecule has 2 atom stereocenters. The lowest BCUT2D eigenvalue weighted by atomic mass is 10.3. The Balaban J connectivity index is 2.45. The van der Waals surface area contributed by atoms with Crippen molar-refractivity contribution in [3.63, 3.8) is 0 Å². The number of rotatable bonds is 4. The summed E-state index contributed by atoms with van der Waals surface area (Å²) in [7, 11) is -1.00. The maximum absolute atomic E-state index is 12.6. The number of benzene rings is 1. The lowest BCUT2D eigenvalue weighted by Gasteiger charge is -2.18. The molecule has 1 fully saturated rings. The van der Waals surface area contributed by atoms with E-state index < -0.39 is 22.2 Å². The van der Waals surface area contributed by atoms with Crippen molar-refractivity contribution in [1.29, 1.82) is 0 Å². The van der Waals surface area contributed by atoms with Gasteiger partial charge in [0, 0.05) is 23.6 Å². The SMILES string of the molecule is COc1cc(Br)c(S(=O)(=O)N2C[C@@H](O)[C@@H](O)C2)cc1OC. The molecule has 0 saturated carbocycles. The number of hydrogen-bond donors (Lipinski definition) is 2. The summed E-state index contributed by atoms with van der Waals surface area (Å²) in [5.41, 5.74) is 0. The largest absolute Gasteiger partial charge is 0.493 e. The average molecular weight is 382 g/mol. The van der Waals surface area contributed by atoms with E-state index in [1.807, 2.05) is 0 Å². The zero-order chi connectivity index (χ0) is 15.8. The smallest absolute Gasteiger partial charge is 0.244 e. The Labute approximate surface area is 131 Å². The van der Waals surface area contributed by atoms with E-state index in [0.29, 0.717) is 10.2 Å². The second-order valence-corrected chi connectivity index (χ2v) is 7.36. The average Bonchev–Trinajstić information content (AvgIpc) is 2.78. The monoisotopic (exact) mass is 381 g/mol. The molecule has 1 aliphatic heterocycles. The topological polar surface area (TPSA) is 96.3 Å². The third kappa shape index (κ3) is 3.02. The van der Waals surface area contributed by atoms with Gasteiger partial charge in [0.15, 0.2) is 11.5 Å². The number of ether oxygens (including phenoxy) is 2. The highest BCUT2D eigenvalue weighted by Gasteiger charge is 2.38. The standard InChI is InChI=1S/C12H16BrNO6S/c1-19-10-3-7(13)12(4-11(10)20-2)21(17,18)14-5-8(15)9(16)6-14/h3-4,8-9,15-16H,5-6H2,1-2H3/t8-,9+. The molecule has 21 heavy (non-hydrogen) atoms. The molecule has 2 rings (SSSR count). The second-order valence-electron chi connectivity index (χ2n) is 4.59. The Hall–Kier alpha value is -0.870. The molecule has 0 bridgehead atoms.